The number of hydrazine groups is 1. The largest absolute Gasteiger partial charge is 0.478 e. The number of aliphatic carboxylic acids is 1. The SMILES string of the molecule is CC(=O)Nc1ccc(C(=O)NNC(=O)[C@H](OC(=O)c2ccc(Cl)cc2)[C@H](OC(=O)c2ccc(Cl)cc2)C(=O)O)cc1. The van der Waals surface area contributed by atoms with E-state index in [1.54, 1.807) is 0 Å². The molecule has 0 unspecified atom stereocenters. The van der Waals surface area contributed by atoms with Crippen molar-refractivity contribution in [2.24, 2.45) is 0 Å². The Morgan fingerprint density at radius 1 is 0.659 bits per heavy atom. The van der Waals surface area contributed by atoms with E-state index >= 15 is 0 Å². The highest BCUT2D eigenvalue weighted by molar-refractivity contribution is 6.31. The van der Waals surface area contributed by atoms with E-state index in [0.717, 1.165) is 0 Å². The van der Waals surface area contributed by atoms with Crippen LogP contribution in [-0.4, -0.2) is 52.9 Å². The second kappa shape index (κ2) is 13.9. The summed E-state index contributed by atoms with van der Waals surface area (Å²) in [5, 5.41) is 12.9. The van der Waals surface area contributed by atoms with E-state index < -0.39 is 41.9 Å². The van der Waals surface area contributed by atoms with Gasteiger partial charge >= 0.3 is 17.9 Å². The number of ether oxygens (including phenoxy) is 2. The van der Waals surface area contributed by atoms with E-state index in [4.69, 9.17) is 32.7 Å². The number of carbonyl (C=O) groups excluding carboxylic acids is 5. The fraction of sp³-hybridized carbons (Fsp3) is 0.111. The topological polar surface area (TPSA) is 177 Å². The van der Waals surface area contributed by atoms with Crippen molar-refractivity contribution in [2.75, 3.05) is 5.32 Å². The van der Waals surface area contributed by atoms with Crippen LogP contribution in [0.4, 0.5) is 5.69 Å². The third kappa shape index (κ3) is 8.78. The number of rotatable bonds is 9. The first-order chi connectivity index (χ1) is 19.4. The lowest BCUT2D eigenvalue weighted by Gasteiger charge is -2.23. The van der Waals surface area contributed by atoms with Gasteiger partial charge in [-0.1, -0.05) is 23.2 Å². The second-order valence-electron chi connectivity index (χ2n) is 8.21. The maximum Gasteiger partial charge on any atom is 0.349 e. The van der Waals surface area contributed by atoms with Crippen molar-refractivity contribution in [3.05, 3.63) is 99.5 Å². The fourth-order valence-corrected chi connectivity index (χ4v) is 3.46. The zero-order chi connectivity index (χ0) is 30.1. The van der Waals surface area contributed by atoms with E-state index in [9.17, 15) is 33.9 Å². The van der Waals surface area contributed by atoms with Gasteiger partial charge in [0.25, 0.3) is 11.8 Å². The number of anilines is 1. The molecule has 3 aromatic rings. The van der Waals surface area contributed by atoms with Crippen molar-refractivity contribution < 1.29 is 43.3 Å². The number of benzene rings is 3. The standard InChI is InChI=1S/C27H21Cl2N3O9/c1-14(33)30-20-12-6-15(7-13-20)23(34)31-32-24(35)21(40-26(38)16-2-8-18(28)9-3-16)22(25(36)37)41-27(39)17-4-10-19(29)11-5-17/h2-13,21-22H,1H3,(H,30,33)(H,31,34)(H,32,35)(H,36,37)/t21-,22+/m1/s1. The molecule has 0 spiro atoms. The number of carbonyl (C=O) groups is 6. The van der Waals surface area contributed by atoms with Crippen LogP contribution in [0.5, 0.6) is 0 Å². The van der Waals surface area contributed by atoms with Gasteiger partial charge in [0.1, 0.15) is 0 Å². The Balaban J connectivity index is 1.81. The Labute approximate surface area is 242 Å². The number of carboxylic acids is 1. The Bertz CT molecular complexity index is 1460. The first kappa shape index (κ1) is 30.6. The summed E-state index contributed by atoms with van der Waals surface area (Å²) in [7, 11) is 0. The second-order valence-corrected chi connectivity index (χ2v) is 9.08. The summed E-state index contributed by atoms with van der Waals surface area (Å²) in [6, 6.07) is 16.1. The van der Waals surface area contributed by atoms with Crippen LogP contribution >= 0.6 is 23.2 Å². The molecule has 2 atom stereocenters. The molecule has 0 aliphatic carbocycles. The van der Waals surface area contributed by atoms with Crippen LogP contribution in [0.3, 0.4) is 0 Å². The van der Waals surface area contributed by atoms with E-state index in [0.29, 0.717) is 15.7 Å². The van der Waals surface area contributed by atoms with Gasteiger partial charge in [-0.25, -0.2) is 14.4 Å². The number of esters is 2. The van der Waals surface area contributed by atoms with Gasteiger partial charge in [0, 0.05) is 28.2 Å². The van der Waals surface area contributed by atoms with Crippen LogP contribution < -0.4 is 16.2 Å². The van der Waals surface area contributed by atoms with Crippen molar-refractivity contribution in [3.63, 3.8) is 0 Å². The Morgan fingerprint density at radius 3 is 1.54 bits per heavy atom. The molecule has 3 amide bonds. The summed E-state index contributed by atoms with van der Waals surface area (Å²) in [5.74, 6) is -6.60. The Morgan fingerprint density at radius 2 is 1.10 bits per heavy atom. The highest BCUT2D eigenvalue weighted by atomic mass is 35.5. The zero-order valence-corrected chi connectivity index (χ0v) is 22.6. The molecule has 212 valence electrons. The first-order valence-corrected chi connectivity index (χ1v) is 12.3. The lowest BCUT2D eigenvalue weighted by atomic mass is 10.1. The molecular formula is C27H21Cl2N3O9. The van der Waals surface area contributed by atoms with Crippen molar-refractivity contribution in [3.8, 4) is 0 Å². The molecule has 0 saturated heterocycles. The fourth-order valence-electron chi connectivity index (χ4n) is 3.20. The molecule has 0 aliphatic rings. The predicted molar refractivity (Wildman–Crippen MR) is 145 cm³/mol. The monoisotopic (exact) mass is 601 g/mol. The van der Waals surface area contributed by atoms with Crippen molar-refractivity contribution in [1.82, 2.24) is 10.9 Å². The number of halogens is 2. The minimum Gasteiger partial charge on any atom is -0.478 e. The molecule has 0 bridgehead atoms. The van der Waals surface area contributed by atoms with Gasteiger partial charge in [0.15, 0.2) is 0 Å². The van der Waals surface area contributed by atoms with E-state index in [1.807, 2.05) is 5.43 Å². The van der Waals surface area contributed by atoms with Crippen LogP contribution in [-0.2, 0) is 23.9 Å². The van der Waals surface area contributed by atoms with Crippen LogP contribution in [0.25, 0.3) is 0 Å². The van der Waals surface area contributed by atoms with Gasteiger partial charge in [-0.3, -0.25) is 25.2 Å². The predicted octanol–water partition coefficient (Wildman–Crippen LogP) is 3.25. The highest BCUT2D eigenvalue weighted by Gasteiger charge is 2.41. The minimum absolute atomic E-state index is 0.0538. The number of hydrogen-bond donors (Lipinski definition) is 4. The molecule has 0 aromatic heterocycles. The van der Waals surface area contributed by atoms with Gasteiger partial charge in [0.05, 0.1) is 11.1 Å². The summed E-state index contributed by atoms with van der Waals surface area (Å²) in [6.45, 7) is 1.31. The summed E-state index contributed by atoms with van der Waals surface area (Å²) in [6.07, 6.45) is -4.59. The Hall–Kier alpha value is -4.94. The number of nitrogens with one attached hydrogen (secondary N) is 3. The third-order valence-electron chi connectivity index (χ3n) is 5.17. The third-order valence-corrected chi connectivity index (χ3v) is 5.68. The maximum absolute atomic E-state index is 13.0. The van der Waals surface area contributed by atoms with E-state index in [-0.39, 0.29) is 22.6 Å². The molecule has 3 aromatic carbocycles. The summed E-state index contributed by atoms with van der Waals surface area (Å²) in [4.78, 5) is 74.2. The number of amides is 3. The van der Waals surface area contributed by atoms with Crippen LogP contribution in [0, 0.1) is 0 Å². The summed E-state index contributed by atoms with van der Waals surface area (Å²) in [5.41, 5.74) is 4.31. The number of hydrogen-bond acceptors (Lipinski definition) is 8. The van der Waals surface area contributed by atoms with E-state index in [1.165, 1.54) is 79.7 Å². The van der Waals surface area contributed by atoms with Gasteiger partial charge < -0.3 is 19.9 Å². The van der Waals surface area contributed by atoms with Crippen LogP contribution in [0.2, 0.25) is 10.0 Å². The molecule has 0 saturated carbocycles. The molecule has 14 heteroatoms. The van der Waals surface area contributed by atoms with E-state index in [2.05, 4.69) is 10.7 Å². The molecule has 3 rings (SSSR count). The zero-order valence-electron chi connectivity index (χ0n) is 21.1. The van der Waals surface area contributed by atoms with Gasteiger partial charge in [0.2, 0.25) is 18.1 Å². The minimum atomic E-state index is -2.33. The molecule has 0 heterocycles. The van der Waals surface area contributed by atoms with Gasteiger partial charge in [-0.2, -0.15) is 0 Å². The molecule has 0 aliphatic heterocycles. The van der Waals surface area contributed by atoms with Crippen molar-refractivity contribution in [1.29, 1.82) is 0 Å². The van der Waals surface area contributed by atoms with Crippen molar-refractivity contribution >= 4 is 64.5 Å². The quantitative estimate of drug-likeness (QED) is 0.212. The normalized spacial score (nSPS) is 11.8. The molecule has 0 fully saturated rings. The summed E-state index contributed by atoms with van der Waals surface area (Å²) >= 11 is 11.6. The molecule has 41 heavy (non-hydrogen) atoms. The lowest BCUT2D eigenvalue weighted by Crippen LogP contribution is -2.54. The average molecular weight is 602 g/mol. The molecular weight excluding hydrogens is 581 g/mol. The maximum atomic E-state index is 13.0. The summed E-state index contributed by atoms with van der Waals surface area (Å²) < 4.78 is 10.2. The smallest absolute Gasteiger partial charge is 0.349 e. The number of carboxylic acid groups (broad SMARTS) is 1. The van der Waals surface area contributed by atoms with Crippen LogP contribution in [0.1, 0.15) is 38.0 Å². The Kier molecular flexibility index (Phi) is 10.4. The lowest BCUT2D eigenvalue weighted by molar-refractivity contribution is -0.159. The first-order valence-electron chi connectivity index (χ1n) is 11.6. The molecule has 12 nitrogen and oxygen atoms in total. The van der Waals surface area contributed by atoms with Gasteiger partial charge in [-0.05, 0) is 72.8 Å². The molecule has 0 radical (unpaired) electrons. The molecule has 4 N–H and O–H groups in total. The van der Waals surface area contributed by atoms with Gasteiger partial charge in [-0.15, -0.1) is 0 Å². The van der Waals surface area contributed by atoms with Crippen molar-refractivity contribution in [2.45, 2.75) is 19.1 Å². The highest BCUT2D eigenvalue weighted by Crippen LogP contribution is 2.17. The average Bonchev–Trinajstić information content (AvgIpc) is 2.93. The van der Waals surface area contributed by atoms with Crippen LogP contribution in [0.15, 0.2) is 72.8 Å².